The number of furan rings is 1. The maximum atomic E-state index is 13.2. The zero-order valence-corrected chi connectivity index (χ0v) is 14.9. The van der Waals surface area contributed by atoms with Crippen molar-refractivity contribution >= 4 is 28.3 Å². The minimum Gasteiger partial charge on any atom is -0.460 e. The molecule has 0 aliphatic rings. The quantitative estimate of drug-likeness (QED) is 0.697. The van der Waals surface area contributed by atoms with Crippen LogP contribution < -0.4 is 5.32 Å². The number of fused-ring (bicyclic) bond motifs is 1. The summed E-state index contributed by atoms with van der Waals surface area (Å²) in [5.74, 6) is 0.522. The minimum atomic E-state index is -0.126. The Morgan fingerprint density at radius 1 is 1.08 bits per heavy atom. The van der Waals surface area contributed by atoms with Gasteiger partial charge in [0.1, 0.15) is 11.3 Å². The van der Waals surface area contributed by atoms with Crippen molar-refractivity contribution in [1.29, 1.82) is 0 Å². The number of hydrogen-bond acceptors (Lipinski definition) is 3. The molecule has 0 fully saturated rings. The second kappa shape index (κ2) is 6.55. The van der Waals surface area contributed by atoms with Crippen molar-refractivity contribution in [2.75, 3.05) is 5.32 Å². The molecule has 0 radical (unpaired) electrons. The van der Waals surface area contributed by atoms with E-state index in [0.717, 1.165) is 27.8 Å². The molecule has 128 valence electrons. The second-order valence-corrected chi connectivity index (χ2v) is 6.25. The topological polar surface area (TPSA) is 59.3 Å². The summed E-state index contributed by atoms with van der Waals surface area (Å²) < 4.78 is 5.85. The number of nitrogens with one attached hydrogen (secondary N) is 1. The van der Waals surface area contributed by atoms with Crippen molar-refractivity contribution in [3.05, 3.63) is 64.4 Å². The molecule has 1 aromatic heterocycles. The number of amides is 1. The summed E-state index contributed by atoms with van der Waals surface area (Å²) in [6, 6.07) is 11.2. The number of benzene rings is 2. The lowest BCUT2D eigenvalue weighted by Gasteiger charge is -2.12. The van der Waals surface area contributed by atoms with Gasteiger partial charge in [0.05, 0.1) is 5.56 Å². The molecular formula is C21H21NO3. The van der Waals surface area contributed by atoms with E-state index in [9.17, 15) is 9.59 Å². The van der Waals surface area contributed by atoms with Crippen LogP contribution in [0.4, 0.5) is 5.69 Å². The Morgan fingerprint density at radius 3 is 2.32 bits per heavy atom. The molecule has 0 bridgehead atoms. The monoisotopic (exact) mass is 335 g/mol. The van der Waals surface area contributed by atoms with Crippen LogP contribution in [0.2, 0.25) is 0 Å². The van der Waals surface area contributed by atoms with Gasteiger partial charge in [0.15, 0.2) is 5.78 Å². The molecule has 0 saturated carbocycles. The minimum absolute atomic E-state index is 0.0534. The van der Waals surface area contributed by atoms with Crippen LogP contribution in [0.1, 0.15) is 46.7 Å². The van der Waals surface area contributed by atoms with Crippen LogP contribution in [0.25, 0.3) is 11.0 Å². The van der Waals surface area contributed by atoms with E-state index in [1.807, 2.05) is 57.2 Å². The molecule has 3 aromatic rings. The van der Waals surface area contributed by atoms with Crippen LogP contribution in [-0.4, -0.2) is 11.7 Å². The van der Waals surface area contributed by atoms with Crippen LogP contribution in [-0.2, 0) is 11.2 Å². The van der Waals surface area contributed by atoms with Gasteiger partial charge in [-0.05, 0) is 43.2 Å². The summed E-state index contributed by atoms with van der Waals surface area (Å²) in [6.07, 6.45) is 0.650. The van der Waals surface area contributed by atoms with Gasteiger partial charge in [-0.2, -0.15) is 0 Å². The van der Waals surface area contributed by atoms with E-state index >= 15 is 0 Å². The van der Waals surface area contributed by atoms with Gasteiger partial charge in [-0.3, -0.25) is 9.59 Å². The Kier molecular flexibility index (Phi) is 4.45. The average Bonchev–Trinajstić information content (AvgIpc) is 2.95. The third-order valence-electron chi connectivity index (χ3n) is 4.31. The fraction of sp³-hybridized carbons (Fsp3) is 0.238. The highest BCUT2D eigenvalue weighted by atomic mass is 16.3. The first-order chi connectivity index (χ1) is 11.9. The molecule has 4 heteroatoms. The van der Waals surface area contributed by atoms with E-state index in [1.165, 1.54) is 6.92 Å². The highest BCUT2D eigenvalue weighted by Gasteiger charge is 2.22. The van der Waals surface area contributed by atoms with Crippen LogP contribution in [0, 0.1) is 13.8 Å². The maximum Gasteiger partial charge on any atom is 0.221 e. The lowest BCUT2D eigenvalue weighted by Crippen LogP contribution is -2.11. The molecule has 4 nitrogen and oxygen atoms in total. The Morgan fingerprint density at radius 2 is 1.72 bits per heavy atom. The van der Waals surface area contributed by atoms with Crippen LogP contribution in [0.5, 0.6) is 0 Å². The van der Waals surface area contributed by atoms with Crippen LogP contribution in [0.15, 0.2) is 40.8 Å². The van der Waals surface area contributed by atoms with Gasteiger partial charge in [-0.15, -0.1) is 0 Å². The molecule has 0 spiro atoms. The van der Waals surface area contributed by atoms with Gasteiger partial charge in [0, 0.05) is 30.0 Å². The molecule has 1 N–H and O–H groups in total. The molecule has 2 aromatic carbocycles. The summed E-state index contributed by atoms with van der Waals surface area (Å²) in [4.78, 5) is 24.6. The zero-order valence-electron chi connectivity index (χ0n) is 14.9. The van der Waals surface area contributed by atoms with Gasteiger partial charge >= 0.3 is 0 Å². The predicted octanol–water partition coefficient (Wildman–Crippen LogP) is 4.80. The van der Waals surface area contributed by atoms with Crippen molar-refractivity contribution in [3.63, 3.8) is 0 Å². The van der Waals surface area contributed by atoms with Crippen molar-refractivity contribution in [3.8, 4) is 0 Å². The number of ketones is 1. The molecular weight excluding hydrogens is 314 g/mol. The van der Waals surface area contributed by atoms with Gasteiger partial charge < -0.3 is 9.73 Å². The standard InChI is InChI=1S/C21H21NO3/c1-5-17-19(16-8-6-7-9-18(16)25-17)21(24)15-10-12(2)20(13(3)11-15)22-14(4)23/h6-11H,5H2,1-4H3,(H,22,23). The number of aryl methyl sites for hydroxylation is 3. The first-order valence-corrected chi connectivity index (χ1v) is 8.36. The average molecular weight is 335 g/mol. The van der Waals surface area contributed by atoms with Gasteiger partial charge in [0.2, 0.25) is 5.91 Å². The normalized spacial score (nSPS) is 10.9. The number of rotatable bonds is 4. The Bertz CT molecular complexity index is 959. The molecule has 25 heavy (non-hydrogen) atoms. The third-order valence-corrected chi connectivity index (χ3v) is 4.31. The summed E-state index contributed by atoms with van der Waals surface area (Å²) in [6.45, 7) is 7.24. The summed E-state index contributed by atoms with van der Waals surface area (Å²) >= 11 is 0. The van der Waals surface area contributed by atoms with Gasteiger partial charge in [-0.1, -0.05) is 25.1 Å². The smallest absolute Gasteiger partial charge is 0.221 e. The van der Waals surface area contributed by atoms with E-state index in [-0.39, 0.29) is 11.7 Å². The SMILES string of the molecule is CCc1oc2ccccc2c1C(=O)c1cc(C)c(NC(C)=O)c(C)c1. The fourth-order valence-electron chi connectivity index (χ4n) is 3.21. The lowest BCUT2D eigenvalue weighted by molar-refractivity contribution is -0.114. The molecule has 0 aliphatic carbocycles. The number of carbonyl (C=O) groups is 2. The van der Waals surface area contributed by atoms with Crippen LogP contribution in [0.3, 0.4) is 0 Å². The summed E-state index contributed by atoms with van der Waals surface area (Å²) in [5, 5.41) is 3.66. The molecule has 0 saturated heterocycles. The highest BCUT2D eigenvalue weighted by molar-refractivity contribution is 6.17. The Hall–Kier alpha value is -2.88. The second-order valence-electron chi connectivity index (χ2n) is 6.25. The lowest BCUT2D eigenvalue weighted by atomic mass is 9.95. The molecule has 1 amide bonds. The molecule has 1 heterocycles. The highest BCUT2D eigenvalue weighted by Crippen LogP contribution is 2.30. The fourth-order valence-corrected chi connectivity index (χ4v) is 3.21. The predicted molar refractivity (Wildman–Crippen MR) is 99.2 cm³/mol. The number of hydrogen-bond donors (Lipinski definition) is 1. The number of carbonyl (C=O) groups excluding carboxylic acids is 2. The van der Waals surface area contributed by atoms with E-state index < -0.39 is 0 Å². The first kappa shape index (κ1) is 17.0. The molecule has 3 rings (SSSR count). The van der Waals surface area contributed by atoms with Crippen molar-refractivity contribution < 1.29 is 14.0 Å². The van der Waals surface area contributed by atoms with E-state index in [0.29, 0.717) is 23.3 Å². The van der Waals surface area contributed by atoms with Gasteiger partial charge in [-0.25, -0.2) is 0 Å². The Labute approximate surface area is 146 Å². The number of anilines is 1. The number of para-hydroxylation sites is 1. The first-order valence-electron chi connectivity index (χ1n) is 8.36. The van der Waals surface area contributed by atoms with Crippen LogP contribution >= 0.6 is 0 Å². The zero-order chi connectivity index (χ0) is 18.1. The van der Waals surface area contributed by atoms with Crippen molar-refractivity contribution in [1.82, 2.24) is 0 Å². The van der Waals surface area contributed by atoms with E-state index in [1.54, 1.807) is 0 Å². The molecule has 0 atom stereocenters. The van der Waals surface area contributed by atoms with Gasteiger partial charge in [0.25, 0.3) is 0 Å². The van der Waals surface area contributed by atoms with E-state index in [2.05, 4.69) is 5.32 Å². The third kappa shape index (κ3) is 3.07. The summed E-state index contributed by atoms with van der Waals surface area (Å²) in [5.41, 5.74) is 4.45. The van der Waals surface area contributed by atoms with Crippen molar-refractivity contribution in [2.24, 2.45) is 0 Å². The largest absolute Gasteiger partial charge is 0.460 e. The molecule has 0 aliphatic heterocycles. The van der Waals surface area contributed by atoms with Crippen molar-refractivity contribution in [2.45, 2.75) is 34.1 Å². The Balaban J connectivity index is 2.12. The maximum absolute atomic E-state index is 13.2. The van der Waals surface area contributed by atoms with E-state index in [4.69, 9.17) is 4.42 Å². The molecule has 0 unspecified atom stereocenters. The summed E-state index contributed by atoms with van der Waals surface area (Å²) in [7, 11) is 0.